The number of allylic oxidation sites excluding steroid dienone is 2. The number of nitrogens with one attached hydrogen (secondary N) is 1. The Kier molecular flexibility index (Phi) is 29.4. The zero-order chi connectivity index (χ0) is 28.8. The SMILES string of the molecule is CCCCCC/C=C\CCCC(=O)NC(CO)C(O)C(O)CCCCCCCCCCCCCCCCCC. The van der Waals surface area contributed by atoms with Crippen LogP contribution in [0.5, 0.6) is 0 Å². The van der Waals surface area contributed by atoms with E-state index in [0.29, 0.717) is 12.8 Å². The Morgan fingerprint density at radius 2 is 1.03 bits per heavy atom. The lowest BCUT2D eigenvalue weighted by atomic mass is 9.99. The number of rotatable bonds is 30. The second-order valence-corrected chi connectivity index (χ2v) is 11.7. The molecule has 39 heavy (non-hydrogen) atoms. The van der Waals surface area contributed by atoms with Gasteiger partial charge in [-0.05, 0) is 32.1 Å². The third kappa shape index (κ3) is 25.8. The van der Waals surface area contributed by atoms with E-state index in [-0.39, 0.29) is 12.5 Å². The highest BCUT2D eigenvalue weighted by Gasteiger charge is 2.26. The molecule has 0 heterocycles. The van der Waals surface area contributed by atoms with Gasteiger partial charge in [0.25, 0.3) is 0 Å². The van der Waals surface area contributed by atoms with Gasteiger partial charge in [-0.3, -0.25) is 4.79 Å². The zero-order valence-corrected chi connectivity index (χ0v) is 26.0. The van der Waals surface area contributed by atoms with E-state index in [4.69, 9.17) is 0 Å². The van der Waals surface area contributed by atoms with Crippen LogP contribution in [0.1, 0.15) is 174 Å². The van der Waals surface area contributed by atoms with Gasteiger partial charge in [-0.1, -0.05) is 148 Å². The molecule has 0 saturated carbocycles. The number of aliphatic hydroxyl groups excluding tert-OH is 3. The second-order valence-electron chi connectivity index (χ2n) is 11.7. The Morgan fingerprint density at radius 3 is 1.49 bits per heavy atom. The van der Waals surface area contributed by atoms with Crippen molar-refractivity contribution in [1.82, 2.24) is 5.32 Å². The molecule has 0 radical (unpaired) electrons. The van der Waals surface area contributed by atoms with Gasteiger partial charge in [0.15, 0.2) is 0 Å². The minimum absolute atomic E-state index is 0.181. The molecule has 232 valence electrons. The smallest absolute Gasteiger partial charge is 0.220 e. The minimum atomic E-state index is -1.14. The number of hydrogen-bond acceptors (Lipinski definition) is 4. The lowest BCUT2D eigenvalue weighted by molar-refractivity contribution is -0.124. The molecule has 0 aromatic carbocycles. The first kappa shape index (κ1) is 38.1. The van der Waals surface area contributed by atoms with E-state index in [1.54, 1.807) is 0 Å². The van der Waals surface area contributed by atoms with Gasteiger partial charge < -0.3 is 20.6 Å². The first-order valence-corrected chi connectivity index (χ1v) is 17.0. The van der Waals surface area contributed by atoms with Crippen LogP contribution in [0.3, 0.4) is 0 Å². The predicted molar refractivity (Wildman–Crippen MR) is 167 cm³/mol. The fourth-order valence-electron chi connectivity index (χ4n) is 5.16. The van der Waals surface area contributed by atoms with Gasteiger partial charge in [0.05, 0.1) is 18.8 Å². The van der Waals surface area contributed by atoms with Crippen LogP contribution in [-0.4, -0.2) is 46.1 Å². The molecule has 0 spiro atoms. The summed E-state index contributed by atoms with van der Waals surface area (Å²) in [6.45, 7) is 4.11. The Hall–Kier alpha value is -0.910. The monoisotopic (exact) mass is 554 g/mol. The Labute approximate surface area is 242 Å². The predicted octanol–water partition coefficient (Wildman–Crippen LogP) is 8.53. The molecule has 1 amide bonds. The second kappa shape index (κ2) is 30.1. The largest absolute Gasteiger partial charge is 0.394 e. The van der Waals surface area contributed by atoms with Crippen molar-refractivity contribution in [2.45, 2.75) is 193 Å². The summed E-state index contributed by atoms with van der Waals surface area (Å²) in [5.74, 6) is -0.181. The standard InChI is InChI=1S/C34H67NO4/c1-3-5-7-9-11-13-14-15-16-17-18-19-21-22-24-26-28-32(37)34(39)31(30-36)35-33(38)29-27-25-23-20-12-10-8-6-4-2/h20,23,31-32,34,36-37,39H,3-19,21-22,24-30H2,1-2H3,(H,35,38)/b23-20-. The molecule has 0 saturated heterocycles. The molecule has 0 aromatic rings. The highest BCUT2D eigenvalue weighted by molar-refractivity contribution is 5.76. The third-order valence-corrected chi connectivity index (χ3v) is 7.87. The summed E-state index contributed by atoms with van der Waals surface area (Å²) < 4.78 is 0. The van der Waals surface area contributed by atoms with Crippen LogP contribution in [-0.2, 0) is 4.79 Å². The van der Waals surface area contributed by atoms with Gasteiger partial charge in [-0.25, -0.2) is 0 Å². The van der Waals surface area contributed by atoms with Gasteiger partial charge in [0.1, 0.15) is 6.10 Å². The molecule has 3 unspecified atom stereocenters. The summed E-state index contributed by atoms with van der Waals surface area (Å²) in [4.78, 5) is 12.2. The number of carbonyl (C=O) groups excluding carboxylic acids is 1. The van der Waals surface area contributed by atoms with Gasteiger partial charge >= 0.3 is 0 Å². The molecule has 0 bridgehead atoms. The molecule has 5 heteroatoms. The molecule has 0 fully saturated rings. The van der Waals surface area contributed by atoms with Crippen LogP contribution >= 0.6 is 0 Å². The summed E-state index contributed by atoms with van der Waals surface area (Å²) in [6, 6.07) is -0.817. The Balaban J connectivity index is 3.70. The number of aliphatic hydroxyl groups is 3. The van der Waals surface area contributed by atoms with Crippen LogP contribution < -0.4 is 5.32 Å². The molecule has 3 atom stereocenters. The summed E-state index contributed by atoms with van der Waals surface area (Å²) in [7, 11) is 0. The molecular formula is C34H67NO4. The molecule has 5 nitrogen and oxygen atoms in total. The average Bonchev–Trinajstić information content (AvgIpc) is 2.94. The molecule has 0 aromatic heterocycles. The maximum atomic E-state index is 12.2. The van der Waals surface area contributed by atoms with Crippen molar-refractivity contribution in [3.05, 3.63) is 12.2 Å². The van der Waals surface area contributed by atoms with Crippen molar-refractivity contribution >= 4 is 5.91 Å². The molecule has 0 aliphatic carbocycles. The summed E-state index contributed by atoms with van der Waals surface area (Å²) >= 11 is 0. The number of amides is 1. The lowest BCUT2D eigenvalue weighted by Crippen LogP contribution is -2.50. The van der Waals surface area contributed by atoms with E-state index < -0.39 is 18.2 Å². The highest BCUT2D eigenvalue weighted by Crippen LogP contribution is 2.15. The quantitative estimate of drug-likeness (QED) is 0.0530. The normalized spacial score (nSPS) is 14.1. The summed E-state index contributed by atoms with van der Waals surface area (Å²) in [6.07, 6.45) is 31.7. The molecular weight excluding hydrogens is 486 g/mol. The average molecular weight is 554 g/mol. The maximum Gasteiger partial charge on any atom is 0.220 e. The van der Waals surface area contributed by atoms with E-state index in [1.807, 2.05) is 0 Å². The van der Waals surface area contributed by atoms with Crippen molar-refractivity contribution in [2.75, 3.05) is 6.61 Å². The Morgan fingerprint density at radius 1 is 0.615 bits per heavy atom. The number of hydrogen-bond donors (Lipinski definition) is 4. The lowest BCUT2D eigenvalue weighted by Gasteiger charge is -2.26. The van der Waals surface area contributed by atoms with Crippen LogP contribution in [0.2, 0.25) is 0 Å². The van der Waals surface area contributed by atoms with E-state index in [9.17, 15) is 20.1 Å². The van der Waals surface area contributed by atoms with Crippen molar-refractivity contribution in [3.8, 4) is 0 Å². The highest BCUT2D eigenvalue weighted by atomic mass is 16.3. The van der Waals surface area contributed by atoms with Gasteiger partial charge in [0.2, 0.25) is 5.91 Å². The minimum Gasteiger partial charge on any atom is -0.394 e. The third-order valence-electron chi connectivity index (χ3n) is 7.87. The molecule has 4 N–H and O–H groups in total. The van der Waals surface area contributed by atoms with Crippen LogP contribution in [0.25, 0.3) is 0 Å². The Bertz CT molecular complexity index is 539. The van der Waals surface area contributed by atoms with Gasteiger partial charge in [-0.2, -0.15) is 0 Å². The van der Waals surface area contributed by atoms with E-state index in [0.717, 1.165) is 38.5 Å². The zero-order valence-electron chi connectivity index (χ0n) is 26.0. The van der Waals surface area contributed by atoms with Crippen molar-refractivity contribution in [2.24, 2.45) is 0 Å². The van der Waals surface area contributed by atoms with Crippen molar-refractivity contribution in [1.29, 1.82) is 0 Å². The van der Waals surface area contributed by atoms with Gasteiger partial charge in [0, 0.05) is 6.42 Å². The summed E-state index contributed by atoms with van der Waals surface area (Å²) in [5.41, 5.74) is 0. The maximum absolute atomic E-state index is 12.2. The molecule has 0 aliphatic heterocycles. The van der Waals surface area contributed by atoms with Crippen LogP contribution in [0, 0.1) is 0 Å². The molecule has 0 rings (SSSR count). The first-order chi connectivity index (χ1) is 19.1. The number of carbonyl (C=O) groups is 1. The van der Waals surface area contributed by atoms with E-state index >= 15 is 0 Å². The summed E-state index contributed by atoms with van der Waals surface area (Å²) in [5, 5.41) is 33.2. The fraction of sp³-hybridized carbons (Fsp3) is 0.912. The van der Waals surface area contributed by atoms with E-state index in [2.05, 4.69) is 31.3 Å². The number of unbranched alkanes of at least 4 members (excludes halogenated alkanes) is 20. The molecule has 0 aliphatic rings. The van der Waals surface area contributed by atoms with Crippen molar-refractivity contribution in [3.63, 3.8) is 0 Å². The van der Waals surface area contributed by atoms with Crippen molar-refractivity contribution < 1.29 is 20.1 Å². The fourth-order valence-corrected chi connectivity index (χ4v) is 5.16. The first-order valence-electron chi connectivity index (χ1n) is 17.0. The van der Waals surface area contributed by atoms with E-state index in [1.165, 1.54) is 109 Å². The topological polar surface area (TPSA) is 89.8 Å². The van der Waals surface area contributed by atoms with Crippen LogP contribution in [0.15, 0.2) is 12.2 Å². The van der Waals surface area contributed by atoms with Crippen LogP contribution in [0.4, 0.5) is 0 Å². The van der Waals surface area contributed by atoms with Gasteiger partial charge in [-0.15, -0.1) is 0 Å².